The van der Waals surface area contributed by atoms with Crippen LogP contribution in [0, 0.1) is 5.92 Å². The second kappa shape index (κ2) is 2.46. The van der Waals surface area contributed by atoms with Gasteiger partial charge in [0.2, 0.25) is 0 Å². The fourth-order valence-corrected chi connectivity index (χ4v) is 3.31. The molecule has 68 valence electrons. The van der Waals surface area contributed by atoms with Crippen LogP contribution in [0.25, 0.3) is 0 Å². The SMILES string of the molecule is NC1CC(N2CC3CCC2C3)C1. The molecule has 3 fully saturated rings. The lowest BCUT2D eigenvalue weighted by Gasteiger charge is -2.43. The monoisotopic (exact) mass is 166 g/mol. The Morgan fingerprint density at radius 2 is 1.83 bits per heavy atom. The van der Waals surface area contributed by atoms with Gasteiger partial charge in [0.15, 0.2) is 0 Å². The quantitative estimate of drug-likeness (QED) is 0.628. The molecule has 2 bridgehead atoms. The molecule has 1 aliphatic heterocycles. The van der Waals surface area contributed by atoms with Gasteiger partial charge in [-0.05, 0) is 38.0 Å². The van der Waals surface area contributed by atoms with E-state index in [1.165, 1.54) is 38.6 Å². The Balaban J connectivity index is 1.64. The first-order valence-electron chi connectivity index (χ1n) is 5.34. The molecule has 0 aromatic rings. The highest BCUT2D eigenvalue weighted by Gasteiger charge is 2.43. The average molecular weight is 166 g/mol. The number of hydrogen-bond acceptors (Lipinski definition) is 2. The molecule has 3 aliphatic rings. The molecule has 0 radical (unpaired) electrons. The summed E-state index contributed by atoms with van der Waals surface area (Å²) >= 11 is 0. The van der Waals surface area contributed by atoms with Crippen LogP contribution in [0.15, 0.2) is 0 Å². The molecule has 2 nitrogen and oxygen atoms in total. The number of piperidine rings is 1. The highest BCUT2D eigenvalue weighted by molar-refractivity contribution is 5.00. The molecule has 0 amide bonds. The van der Waals surface area contributed by atoms with Crippen molar-refractivity contribution in [2.75, 3.05) is 6.54 Å². The standard InChI is InChI=1S/C10H18N2/c11-8-4-10(5-8)12-6-7-1-2-9(12)3-7/h7-10H,1-6,11H2. The number of nitrogens with zero attached hydrogens (tertiary/aromatic N) is 1. The molecule has 2 heteroatoms. The van der Waals surface area contributed by atoms with E-state index in [-0.39, 0.29) is 0 Å². The summed E-state index contributed by atoms with van der Waals surface area (Å²) in [6.07, 6.45) is 6.99. The van der Waals surface area contributed by atoms with Crippen molar-refractivity contribution in [3.05, 3.63) is 0 Å². The highest BCUT2D eigenvalue weighted by atomic mass is 15.2. The molecule has 3 rings (SSSR count). The van der Waals surface area contributed by atoms with E-state index < -0.39 is 0 Å². The van der Waals surface area contributed by atoms with Gasteiger partial charge in [-0.1, -0.05) is 0 Å². The molecular formula is C10H18N2. The van der Waals surface area contributed by atoms with Gasteiger partial charge >= 0.3 is 0 Å². The Labute approximate surface area is 74.1 Å². The topological polar surface area (TPSA) is 29.3 Å². The van der Waals surface area contributed by atoms with E-state index in [4.69, 9.17) is 5.73 Å². The Morgan fingerprint density at radius 1 is 1.00 bits per heavy atom. The smallest absolute Gasteiger partial charge is 0.0128 e. The van der Waals surface area contributed by atoms with Crippen molar-refractivity contribution in [2.24, 2.45) is 11.7 Å². The molecule has 0 aromatic heterocycles. The molecule has 1 heterocycles. The third-order valence-electron chi connectivity index (χ3n) is 4.07. The zero-order chi connectivity index (χ0) is 8.13. The first-order chi connectivity index (χ1) is 5.83. The summed E-state index contributed by atoms with van der Waals surface area (Å²) in [6.45, 7) is 1.39. The molecule has 12 heavy (non-hydrogen) atoms. The highest BCUT2D eigenvalue weighted by Crippen LogP contribution is 2.41. The van der Waals surface area contributed by atoms with Gasteiger partial charge in [-0.25, -0.2) is 0 Å². The third kappa shape index (κ3) is 0.944. The maximum atomic E-state index is 5.81. The summed E-state index contributed by atoms with van der Waals surface area (Å²) < 4.78 is 0. The van der Waals surface area contributed by atoms with Crippen LogP contribution < -0.4 is 5.73 Å². The normalized spacial score (nSPS) is 52.8. The van der Waals surface area contributed by atoms with Gasteiger partial charge in [0.1, 0.15) is 0 Å². The van der Waals surface area contributed by atoms with Crippen LogP contribution in [0.5, 0.6) is 0 Å². The second-order valence-corrected chi connectivity index (χ2v) is 4.92. The lowest BCUT2D eigenvalue weighted by Crippen LogP contribution is -2.52. The van der Waals surface area contributed by atoms with Crippen LogP contribution in [0.3, 0.4) is 0 Å². The molecule has 2 N–H and O–H groups in total. The predicted molar refractivity (Wildman–Crippen MR) is 48.8 cm³/mol. The molecular weight excluding hydrogens is 148 g/mol. The van der Waals surface area contributed by atoms with Gasteiger partial charge in [-0.15, -0.1) is 0 Å². The van der Waals surface area contributed by atoms with Crippen LogP contribution in [0.1, 0.15) is 32.1 Å². The van der Waals surface area contributed by atoms with Gasteiger partial charge < -0.3 is 5.73 Å². The van der Waals surface area contributed by atoms with E-state index in [1.807, 2.05) is 0 Å². The summed E-state index contributed by atoms with van der Waals surface area (Å²) in [7, 11) is 0. The number of likely N-dealkylation sites (tertiary alicyclic amines) is 1. The molecule has 2 atom stereocenters. The van der Waals surface area contributed by atoms with Gasteiger partial charge in [0, 0.05) is 24.7 Å². The predicted octanol–water partition coefficient (Wildman–Crippen LogP) is 0.960. The first kappa shape index (κ1) is 7.34. The van der Waals surface area contributed by atoms with Crippen molar-refractivity contribution in [3.8, 4) is 0 Å². The van der Waals surface area contributed by atoms with Crippen LogP contribution in [-0.2, 0) is 0 Å². The van der Waals surface area contributed by atoms with E-state index in [0.717, 1.165) is 18.0 Å². The van der Waals surface area contributed by atoms with Crippen LogP contribution >= 0.6 is 0 Å². The zero-order valence-corrected chi connectivity index (χ0v) is 7.58. The fourth-order valence-electron chi connectivity index (χ4n) is 3.31. The Bertz CT molecular complexity index is 186. The van der Waals surface area contributed by atoms with Crippen LogP contribution in [-0.4, -0.2) is 29.6 Å². The van der Waals surface area contributed by atoms with Gasteiger partial charge in [0.25, 0.3) is 0 Å². The lowest BCUT2D eigenvalue weighted by molar-refractivity contribution is 0.0796. The second-order valence-electron chi connectivity index (χ2n) is 4.92. The van der Waals surface area contributed by atoms with E-state index in [9.17, 15) is 0 Å². The van der Waals surface area contributed by atoms with Gasteiger partial charge in [-0.3, -0.25) is 4.90 Å². The van der Waals surface area contributed by atoms with Crippen molar-refractivity contribution in [1.29, 1.82) is 0 Å². The first-order valence-corrected chi connectivity index (χ1v) is 5.34. The summed E-state index contributed by atoms with van der Waals surface area (Å²) in [4.78, 5) is 2.75. The van der Waals surface area contributed by atoms with Crippen molar-refractivity contribution < 1.29 is 0 Å². The Morgan fingerprint density at radius 3 is 2.33 bits per heavy atom. The molecule has 0 spiro atoms. The molecule has 0 aromatic carbocycles. The van der Waals surface area contributed by atoms with Crippen LogP contribution in [0.2, 0.25) is 0 Å². The minimum absolute atomic E-state index is 0.522. The number of hydrogen-bond donors (Lipinski definition) is 1. The molecule has 2 unspecified atom stereocenters. The van der Waals surface area contributed by atoms with E-state index in [2.05, 4.69) is 4.90 Å². The van der Waals surface area contributed by atoms with E-state index >= 15 is 0 Å². The summed E-state index contributed by atoms with van der Waals surface area (Å²) in [6, 6.07) is 2.34. The minimum Gasteiger partial charge on any atom is -0.328 e. The number of fused-ring (bicyclic) bond motifs is 2. The summed E-state index contributed by atoms with van der Waals surface area (Å²) in [5, 5.41) is 0. The van der Waals surface area contributed by atoms with Crippen molar-refractivity contribution in [3.63, 3.8) is 0 Å². The number of nitrogens with two attached hydrogens (primary N) is 1. The molecule has 2 saturated carbocycles. The minimum atomic E-state index is 0.522. The van der Waals surface area contributed by atoms with Crippen molar-refractivity contribution in [2.45, 2.75) is 50.2 Å². The average Bonchev–Trinajstić information content (AvgIpc) is 2.58. The maximum Gasteiger partial charge on any atom is 0.0128 e. The summed E-state index contributed by atoms with van der Waals surface area (Å²) in [5.41, 5.74) is 5.81. The Kier molecular flexibility index (Phi) is 1.50. The summed E-state index contributed by atoms with van der Waals surface area (Å²) in [5.74, 6) is 1.05. The Hall–Kier alpha value is -0.0800. The fraction of sp³-hybridized carbons (Fsp3) is 1.00. The van der Waals surface area contributed by atoms with Crippen molar-refractivity contribution >= 4 is 0 Å². The zero-order valence-electron chi connectivity index (χ0n) is 7.58. The van der Waals surface area contributed by atoms with Crippen molar-refractivity contribution in [1.82, 2.24) is 4.90 Å². The largest absolute Gasteiger partial charge is 0.328 e. The molecule has 1 saturated heterocycles. The number of rotatable bonds is 1. The van der Waals surface area contributed by atoms with Gasteiger partial charge in [0.05, 0.1) is 0 Å². The third-order valence-corrected chi connectivity index (χ3v) is 4.07. The van der Waals surface area contributed by atoms with Gasteiger partial charge in [-0.2, -0.15) is 0 Å². The molecule has 2 aliphatic carbocycles. The van der Waals surface area contributed by atoms with E-state index in [1.54, 1.807) is 0 Å². The maximum absolute atomic E-state index is 5.81. The van der Waals surface area contributed by atoms with Crippen LogP contribution in [0.4, 0.5) is 0 Å². The lowest BCUT2D eigenvalue weighted by atomic mass is 9.85. The van der Waals surface area contributed by atoms with E-state index in [0.29, 0.717) is 6.04 Å².